The molecule has 3 heteroatoms. The second-order valence-corrected chi connectivity index (χ2v) is 4.71. The summed E-state index contributed by atoms with van der Waals surface area (Å²) in [4.78, 5) is 0. The van der Waals surface area contributed by atoms with Crippen molar-refractivity contribution in [3.8, 4) is 5.75 Å². The summed E-state index contributed by atoms with van der Waals surface area (Å²) < 4.78 is 5.84. The average molecular weight is 234 g/mol. The van der Waals surface area contributed by atoms with Crippen LogP contribution in [0.25, 0.3) is 0 Å². The molecule has 1 aliphatic heterocycles. The number of nitrogens with one attached hydrogen (secondary N) is 2. The Morgan fingerprint density at radius 1 is 1.35 bits per heavy atom. The van der Waals surface area contributed by atoms with Gasteiger partial charge in [0.05, 0.1) is 0 Å². The summed E-state index contributed by atoms with van der Waals surface area (Å²) in [5, 5.41) is 6.85. The lowest BCUT2D eigenvalue weighted by atomic mass is 10.1. The van der Waals surface area contributed by atoms with Gasteiger partial charge in [-0.15, -0.1) is 0 Å². The molecule has 2 rings (SSSR count). The highest BCUT2D eigenvalue weighted by Crippen LogP contribution is 2.21. The van der Waals surface area contributed by atoms with Crippen LogP contribution in [0.3, 0.4) is 0 Å². The summed E-state index contributed by atoms with van der Waals surface area (Å²) in [5.41, 5.74) is 2.43. The number of ether oxygens (including phenoxy) is 1. The predicted octanol–water partition coefficient (Wildman–Crippen LogP) is 1.63. The molecule has 1 aromatic carbocycles. The standard InChI is InChI=1S/C14H22N2O/c1-11-4-3-5-12(2)14(11)17-9-8-16-13-6-7-15-10-13/h3-5,13,15-16H,6-10H2,1-2H3. The third-order valence-electron chi connectivity index (χ3n) is 3.25. The molecule has 0 aromatic heterocycles. The minimum absolute atomic E-state index is 0.622. The van der Waals surface area contributed by atoms with Crippen LogP contribution in [0.2, 0.25) is 0 Å². The van der Waals surface area contributed by atoms with Crippen LogP contribution in [-0.4, -0.2) is 32.3 Å². The molecule has 17 heavy (non-hydrogen) atoms. The van der Waals surface area contributed by atoms with Gasteiger partial charge in [-0.2, -0.15) is 0 Å². The second kappa shape index (κ2) is 6.03. The second-order valence-electron chi connectivity index (χ2n) is 4.71. The maximum absolute atomic E-state index is 5.84. The molecule has 0 bridgehead atoms. The normalized spacial score (nSPS) is 19.5. The largest absolute Gasteiger partial charge is 0.492 e. The van der Waals surface area contributed by atoms with Crippen LogP contribution in [0.15, 0.2) is 18.2 Å². The van der Waals surface area contributed by atoms with Crippen LogP contribution in [0.5, 0.6) is 5.75 Å². The lowest BCUT2D eigenvalue weighted by Gasteiger charge is -2.14. The van der Waals surface area contributed by atoms with Crippen molar-refractivity contribution in [3.63, 3.8) is 0 Å². The van der Waals surface area contributed by atoms with E-state index in [9.17, 15) is 0 Å². The van der Waals surface area contributed by atoms with E-state index in [0.29, 0.717) is 6.04 Å². The Morgan fingerprint density at radius 2 is 2.12 bits per heavy atom. The fourth-order valence-corrected chi connectivity index (χ4v) is 2.27. The fourth-order valence-electron chi connectivity index (χ4n) is 2.27. The van der Waals surface area contributed by atoms with E-state index in [4.69, 9.17) is 4.74 Å². The van der Waals surface area contributed by atoms with E-state index in [0.717, 1.165) is 32.0 Å². The minimum Gasteiger partial charge on any atom is -0.492 e. The molecule has 94 valence electrons. The van der Waals surface area contributed by atoms with Gasteiger partial charge in [0.2, 0.25) is 0 Å². The highest BCUT2D eigenvalue weighted by molar-refractivity contribution is 5.39. The highest BCUT2D eigenvalue weighted by Gasteiger charge is 2.12. The van der Waals surface area contributed by atoms with Crippen LogP contribution in [-0.2, 0) is 0 Å². The van der Waals surface area contributed by atoms with Gasteiger partial charge in [0.1, 0.15) is 12.4 Å². The third kappa shape index (κ3) is 3.45. The molecular formula is C14H22N2O. The van der Waals surface area contributed by atoms with E-state index in [1.165, 1.54) is 17.5 Å². The van der Waals surface area contributed by atoms with Gasteiger partial charge >= 0.3 is 0 Å². The zero-order valence-electron chi connectivity index (χ0n) is 10.8. The van der Waals surface area contributed by atoms with Crippen molar-refractivity contribution >= 4 is 0 Å². The van der Waals surface area contributed by atoms with E-state index in [1.807, 2.05) is 0 Å². The Morgan fingerprint density at radius 3 is 2.76 bits per heavy atom. The summed E-state index contributed by atoms with van der Waals surface area (Å²) in [6.45, 7) is 8.06. The number of para-hydroxylation sites is 1. The highest BCUT2D eigenvalue weighted by atomic mass is 16.5. The van der Waals surface area contributed by atoms with Crippen LogP contribution in [0.1, 0.15) is 17.5 Å². The Labute approximate surface area is 104 Å². The van der Waals surface area contributed by atoms with Crippen LogP contribution in [0, 0.1) is 13.8 Å². The van der Waals surface area contributed by atoms with Crippen LogP contribution >= 0.6 is 0 Å². The fraction of sp³-hybridized carbons (Fsp3) is 0.571. The summed E-state index contributed by atoms with van der Waals surface area (Å²) in [5.74, 6) is 1.04. The minimum atomic E-state index is 0.622. The van der Waals surface area contributed by atoms with E-state index in [-0.39, 0.29) is 0 Å². The summed E-state index contributed by atoms with van der Waals surface area (Å²) in [6.07, 6.45) is 1.23. The van der Waals surface area contributed by atoms with Gasteiger partial charge in [-0.3, -0.25) is 0 Å². The average Bonchev–Trinajstić information content (AvgIpc) is 2.80. The van der Waals surface area contributed by atoms with Gasteiger partial charge in [-0.05, 0) is 37.9 Å². The lowest BCUT2D eigenvalue weighted by Crippen LogP contribution is -2.34. The molecule has 2 N–H and O–H groups in total. The smallest absolute Gasteiger partial charge is 0.125 e. The van der Waals surface area contributed by atoms with Crippen LogP contribution in [0.4, 0.5) is 0 Å². The molecule has 0 saturated carbocycles. The molecule has 0 amide bonds. The third-order valence-corrected chi connectivity index (χ3v) is 3.25. The molecule has 1 fully saturated rings. The molecule has 1 heterocycles. The molecule has 1 aliphatic rings. The summed E-state index contributed by atoms with van der Waals surface area (Å²) >= 11 is 0. The van der Waals surface area contributed by atoms with Gasteiger partial charge in [0.15, 0.2) is 0 Å². The zero-order valence-corrected chi connectivity index (χ0v) is 10.8. The zero-order chi connectivity index (χ0) is 12.1. The summed E-state index contributed by atoms with van der Waals surface area (Å²) in [7, 11) is 0. The van der Waals surface area contributed by atoms with E-state index in [1.54, 1.807) is 0 Å². The number of rotatable bonds is 5. The van der Waals surface area contributed by atoms with Crippen molar-refractivity contribution in [3.05, 3.63) is 29.3 Å². The van der Waals surface area contributed by atoms with Crippen molar-refractivity contribution in [1.82, 2.24) is 10.6 Å². The van der Waals surface area contributed by atoms with E-state index < -0.39 is 0 Å². The maximum atomic E-state index is 5.84. The summed E-state index contributed by atoms with van der Waals surface area (Å²) in [6, 6.07) is 6.88. The molecule has 0 aliphatic carbocycles. The van der Waals surface area contributed by atoms with Gasteiger partial charge in [0, 0.05) is 19.1 Å². The Balaban J connectivity index is 1.74. The van der Waals surface area contributed by atoms with Crippen molar-refractivity contribution in [2.24, 2.45) is 0 Å². The van der Waals surface area contributed by atoms with Crippen molar-refractivity contribution < 1.29 is 4.74 Å². The van der Waals surface area contributed by atoms with Gasteiger partial charge in [0.25, 0.3) is 0 Å². The quantitative estimate of drug-likeness (QED) is 0.760. The molecule has 0 radical (unpaired) electrons. The SMILES string of the molecule is Cc1cccc(C)c1OCCNC1CCNC1. The number of aryl methyl sites for hydroxylation is 2. The Bertz CT molecular complexity index is 339. The van der Waals surface area contributed by atoms with Crippen molar-refractivity contribution in [2.45, 2.75) is 26.3 Å². The lowest BCUT2D eigenvalue weighted by molar-refractivity contribution is 0.303. The first-order chi connectivity index (χ1) is 8.27. The first-order valence-corrected chi connectivity index (χ1v) is 6.40. The molecular weight excluding hydrogens is 212 g/mol. The number of hydrogen-bond acceptors (Lipinski definition) is 3. The molecule has 0 spiro atoms. The molecule has 1 saturated heterocycles. The topological polar surface area (TPSA) is 33.3 Å². The molecule has 1 atom stereocenters. The molecule has 1 aromatic rings. The number of hydrogen-bond donors (Lipinski definition) is 2. The predicted molar refractivity (Wildman–Crippen MR) is 70.7 cm³/mol. The number of benzene rings is 1. The molecule has 1 unspecified atom stereocenters. The maximum Gasteiger partial charge on any atom is 0.125 e. The molecule has 3 nitrogen and oxygen atoms in total. The van der Waals surface area contributed by atoms with Crippen LogP contribution < -0.4 is 15.4 Å². The first kappa shape index (κ1) is 12.4. The Kier molecular flexibility index (Phi) is 4.40. The van der Waals surface area contributed by atoms with Gasteiger partial charge in [-0.1, -0.05) is 18.2 Å². The van der Waals surface area contributed by atoms with Gasteiger partial charge in [-0.25, -0.2) is 0 Å². The van der Waals surface area contributed by atoms with Crippen molar-refractivity contribution in [1.29, 1.82) is 0 Å². The van der Waals surface area contributed by atoms with E-state index >= 15 is 0 Å². The monoisotopic (exact) mass is 234 g/mol. The van der Waals surface area contributed by atoms with Crippen molar-refractivity contribution in [2.75, 3.05) is 26.2 Å². The van der Waals surface area contributed by atoms with E-state index in [2.05, 4.69) is 42.7 Å². The Hall–Kier alpha value is -1.06. The first-order valence-electron chi connectivity index (χ1n) is 6.40. The van der Waals surface area contributed by atoms with Gasteiger partial charge < -0.3 is 15.4 Å².